The van der Waals surface area contributed by atoms with E-state index in [9.17, 15) is 27.9 Å². The van der Waals surface area contributed by atoms with Crippen molar-refractivity contribution in [3.8, 4) is 5.75 Å². The van der Waals surface area contributed by atoms with Crippen LogP contribution in [-0.2, 0) is 23.2 Å². The fraction of sp³-hybridized carbons (Fsp3) is 0.217. The van der Waals surface area contributed by atoms with E-state index in [0.717, 1.165) is 5.56 Å². The minimum atomic E-state index is -5.81. The second-order valence-corrected chi connectivity index (χ2v) is 11.4. The zero-order valence-corrected chi connectivity index (χ0v) is 22.3. The number of hydrogen-bond donors (Lipinski definition) is 3. The maximum atomic E-state index is 14.6. The normalized spacial score (nSPS) is 12.0. The first-order valence-electron chi connectivity index (χ1n) is 10.8. The maximum Gasteiger partial charge on any atom is 0.400 e. The van der Waals surface area contributed by atoms with Crippen molar-refractivity contribution in [3.63, 3.8) is 0 Å². The van der Waals surface area contributed by atoms with Crippen LogP contribution < -0.4 is 10.1 Å². The molecule has 194 valence electrons. The SMILES string of the molecule is O=C(NCc1cccnn1)c1cc(OCCCc2ccncc2)c2sc(C(F)(F)P(=O)(O)O)c(Br)c2c1. The molecule has 0 aliphatic heterocycles. The molecule has 0 unspecified atom stereocenters. The number of benzene rings is 1. The van der Waals surface area contributed by atoms with Crippen LogP contribution in [0.2, 0.25) is 0 Å². The lowest BCUT2D eigenvalue weighted by Gasteiger charge is -2.16. The van der Waals surface area contributed by atoms with E-state index in [1.807, 2.05) is 12.1 Å². The zero-order valence-electron chi connectivity index (χ0n) is 19.0. The van der Waals surface area contributed by atoms with Crippen LogP contribution in [0.3, 0.4) is 0 Å². The van der Waals surface area contributed by atoms with Gasteiger partial charge in [0.05, 0.1) is 23.5 Å². The van der Waals surface area contributed by atoms with E-state index in [-0.39, 0.29) is 39.0 Å². The Hall–Kier alpha value is -2.83. The molecule has 0 fully saturated rings. The van der Waals surface area contributed by atoms with Gasteiger partial charge < -0.3 is 19.8 Å². The first-order chi connectivity index (χ1) is 17.6. The smallest absolute Gasteiger partial charge is 0.400 e. The Morgan fingerprint density at radius 3 is 2.62 bits per heavy atom. The number of fused-ring (bicyclic) bond motifs is 1. The van der Waals surface area contributed by atoms with E-state index in [1.54, 1.807) is 24.5 Å². The minimum absolute atomic E-state index is 0.0825. The van der Waals surface area contributed by atoms with Crippen molar-refractivity contribution in [1.82, 2.24) is 20.5 Å². The highest BCUT2D eigenvalue weighted by molar-refractivity contribution is 9.10. The third-order valence-electron chi connectivity index (χ3n) is 5.27. The summed E-state index contributed by atoms with van der Waals surface area (Å²) >= 11 is 3.56. The number of nitrogens with one attached hydrogen (secondary N) is 1. The number of pyridine rings is 1. The predicted octanol–water partition coefficient (Wildman–Crippen LogP) is 5.02. The Balaban J connectivity index is 1.65. The summed E-state index contributed by atoms with van der Waals surface area (Å²) in [7, 11) is -5.81. The summed E-state index contributed by atoms with van der Waals surface area (Å²) in [4.78, 5) is 34.5. The van der Waals surface area contributed by atoms with Gasteiger partial charge in [-0.15, -0.1) is 11.3 Å². The lowest BCUT2D eigenvalue weighted by atomic mass is 10.1. The number of nitrogens with zero attached hydrogens (tertiary/aromatic N) is 3. The van der Waals surface area contributed by atoms with Crippen LogP contribution in [0.1, 0.15) is 32.9 Å². The number of rotatable bonds is 10. The molecule has 3 aromatic heterocycles. The number of amides is 1. The fourth-order valence-corrected chi connectivity index (χ4v) is 6.39. The molecule has 1 amide bonds. The number of alkyl halides is 2. The highest BCUT2D eigenvalue weighted by atomic mass is 79.9. The lowest BCUT2D eigenvalue weighted by Crippen LogP contribution is -2.23. The Morgan fingerprint density at radius 2 is 1.95 bits per heavy atom. The van der Waals surface area contributed by atoms with Crippen molar-refractivity contribution in [1.29, 1.82) is 0 Å². The van der Waals surface area contributed by atoms with Gasteiger partial charge in [0.1, 0.15) is 10.6 Å². The third kappa shape index (κ3) is 6.19. The first kappa shape index (κ1) is 27.2. The van der Waals surface area contributed by atoms with Crippen LogP contribution in [-0.4, -0.2) is 37.5 Å². The Bertz CT molecular complexity index is 1450. The van der Waals surface area contributed by atoms with E-state index in [4.69, 9.17) is 4.74 Å². The molecule has 0 saturated carbocycles. The number of carbonyl (C=O) groups excluding carboxylic acids is 1. The van der Waals surface area contributed by atoms with Gasteiger partial charge in [0.25, 0.3) is 5.91 Å². The number of hydrogen-bond acceptors (Lipinski definition) is 7. The molecule has 3 heterocycles. The van der Waals surface area contributed by atoms with Crippen LogP contribution in [0.25, 0.3) is 10.1 Å². The summed E-state index contributed by atoms with van der Waals surface area (Å²) in [5, 5.41) is 10.5. The average molecular weight is 613 g/mol. The monoisotopic (exact) mass is 612 g/mol. The predicted molar refractivity (Wildman–Crippen MR) is 137 cm³/mol. The summed E-state index contributed by atoms with van der Waals surface area (Å²) < 4.78 is 46.7. The number of aromatic nitrogens is 3. The number of thiophene rings is 1. The number of carbonyl (C=O) groups is 1. The van der Waals surface area contributed by atoms with Crippen LogP contribution >= 0.6 is 34.9 Å². The van der Waals surface area contributed by atoms with Gasteiger partial charge in [-0.05, 0) is 70.7 Å². The number of ether oxygens (including phenoxy) is 1. The lowest BCUT2D eigenvalue weighted by molar-refractivity contribution is 0.0595. The molecule has 0 bridgehead atoms. The molecule has 0 saturated heterocycles. The summed E-state index contributed by atoms with van der Waals surface area (Å²) in [6.45, 7) is 0.293. The van der Waals surface area contributed by atoms with Crippen LogP contribution in [0.4, 0.5) is 8.78 Å². The van der Waals surface area contributed by atoms with E-state index in [2.05, 4.69) is 36.4 Å². The zero-order chi connectivity index (χ0) is 26.6. The van der Waals surface area contributed by atoms with Gasteiger partial charge in [0, 0.05) is 34.0 Å². The van der Waals surface area contributed by atoms with Crippen molar-refractivity contribution in [2.75, 3.05) is 6.61 Å². The van der Waals surface area contributed by atoms with E-state index < -0.39 is 24.0 Å². The standard InChI is InChI=1S/C23H20BrF2N4O5PS/c24-19-17-11-15(22(31)28-13-16-4-1-7-29-30-16)12-18(35-10-2-3-14-5-8-27-9-6-14)20(17)37-21(19)23(25,26)36(32,33)34/h1,4-9,11-12H,2-3,10,13H2,(H,28,31)(H2,32,33,34). The maximum absolute atomic E-state index is 14.6. The number of halogens is 3. The van der Waals surface area contributed by atoms with Crippen molar-refractivity contribution in [2.24, 2.45) is 0 Å². The van der Waals surface area contributed by atoms with Crippen molar-refractivity contribution in [2.45, 2.75) is 25.1 Å². The van der Waals surface area contributed by atoms with Crippen molar-refractivity contribution >= 4 is 50.9 Å². The summed E-state index contributed by atoms with van der Waals surface area (Å²) in [5.41, 5.74) is -2.75. The molecule has 0 radical (unpaired) electrons. The molecule has 4 rings (SSSR count). The van der Waals surface area contributed by atoms with Gasteiger partial charge in [-0.1, -0.05) is 0 Å². The van der Waals surface area contributed by atoms with Crippen molar-refractivity contribution in [3.05, 3.63) is 81.2 Å². The van der Waals surface area contributed by atoms with Crippen LogP contribution in [0, 0.1) is 0 Å². The average Bonchev–Trinajstić information content (AvgIpc) is 3.22. The molecule has 0 aliphatic carbocycles. The molecule has 14 heteroatoms. The Morgan fingerprint density at radius 1 is 1.19 bits per heavy atom. The van der Waals surface area contributed by atoms with Gasteiger partial charge >= 0.3 is 13.3 Å². The molecule has 0 aliphatic rings. The highest BCUT2D eigenvalue weighted by Crippen LogP contribution is 2.63. The molecule has 1 aromatic carbocycles. The Labute approximate surface area is 222 Å². The largest absolute Gasteiger partial charge is 0.492 e. The minimum Gasteiger partial charge on any atom is -0.492 e. The number of aryl methyl sites for hydroxylation is 1. The molecule has 0 spiro atoms. The van der Waals surface area contributed by atoms with E-state index in [0.29, 0.717) is 29.9 Å². The second-order valence-electron chi connectivity index (χ2n) is 7.89. The quantitative estimate of drug-likeness (QED) is 0.168. The van der Waals surface area contributed by atoms with Crippen LogP contribution in [0.15, 0.2) is 59.5 Å². The topological polar surface area (TPSA) is 135 Å². The van der Waals surface area contributed by atoms with Gasteiger partial charge in [0.15, 0.2) is 0 Å². The molecule has 4 aromatic rings. The molecular weight excluding hydrogens is 593 g/mol. The molecule has 0 atom stereocenters. The van der Waals surface area contributed by atoms with Gasteiger partial charge in [-0.3, -0.25) is 14.3 Å². The van der Waals surface area contributed by atoms with Crippen LogP contribution in [0.5, 0.6) is 5.75 Å². The van der Waals surface area contributed by atoms with Gasteiger partial charge in [-0.2, -0.15) is 19.0 Å². The molecule has 9 nitrogen and oxygen atoms in total. The second kappa shape index (κ2) is 11.3. The Kier molecular flexibility index (Phi) is 8.29. The summed E-state index contributed by atoms with van der Waals surface area (Å²) in [6, 6.07) is 9.87. The third-order valence-corrected chi connectivity index (χ3v) is 8.75. The molecular formula is C23H20BrF2N4O5PS. The molecule has 37 heavy (non-hydrogen) atoms. The highest BCUT2D eigenvalue weighted by Gasteiger charge is 2.53. The first-order valence-corrected chi connectivity index (χ1v) is 14.1. The molecule has 3 N–H and O–H groups in total. The van der Waals surface area contributed by atoms with Crippen molar-refractivity contribution < 1.29 is 32.7 Å². The van der Waals surface area contributed by atoms with Gasteiger partial charge in [0.2, 0.25) is 0 Å². The van der Waals surface area contributed by atoms with E-state index in [1.165, 1.54) is 18.3 Å². The van der Waals surface area contributed by atoms with E-state index >= 15 is 0 Å². The summed E-state index contributed by atoms with van der Waals surface area (Å²) in [6.07, 6.45) is 6.12. The fourth-order valence-electron chi connectivity index (χ4n) is 3.41. The van der Waals surface area contributed by atoms with Gasteiger partial charge in [-0.25, -0.2) is 0 Å². The summed E-state index contributed by atoms with van der Waals surface area (Å²) in [5.74, 6) is -0.370.